The molecule has 0 radical (unpaired) electrons. The molecule has 1 N–H and O–H groups in total. The van der Waals surface area contributed by atoms with Crippen molar-refractivity contribution in [2.45, 2.75) is 30.9 Å². The minimum absolute atomic E-state index is 0.425. The van der Waals surface area contributed by atoms with E-state index in [4.69, 9.17) is 0 Å². The minimum Gasteiger partial charge on any atom is -0.275 e. The van der Waals surface area contributed by atoms with Crippen molar-refractivity contribution in [3.05, 3.63) is 0 Å². The Kier molecular flexibility index (Phi) is 3.76. The second-order valence-electron chi connectivity index (χ2n) is 4.35. The van der Waals surface area contributed by atoms with E-state index < -0.39 is 27.2 Å². The molecule has 2 aliphatic rings. The number of hydrogen-bond acceptors (Lipinski definition) is 4. The molecule has 1 saturated heterocycles. The first-order valence-corrected chi connectivity index (χ1v) is 7.40. The summed E-state index contributed by atoms with van der Waals surface area (Å²) in [5.41, 5.74) is 0. The Labute approximate surface area is 105 Å². The van der Waals surface area contributed by atoms with Gasteiger partial charge in [-0.05, 0) is 12.8 Å². The van der Waals surface area contributed by atoms with E-state index in [-0.39, 0.29) is 0 Å². The summed E-state index contributed by atoms with van der Waals surface area (Å²) in [6.45, 7) is 0.849. The lowest BCUT2D eigenvalue weighted by atomic mass is 10.2. The van der Waals surface area contributed by atoms with Crippen LogP contribution in [0, 0.1) is 0 Å². The zero-order valence-corrected chi connectivity index (χ0v) is 10.6. The first kappa shape index (κ1) is 13.2. The highest BCUT2D eigenvalue weighted by Gasteiger charge is 2.39. The van der Waals surface area contributed by atoms with Crippen LogP contribution in [0.5, 0.6) is 0 Å². The summed E-state index contributed by atoms with van der Waals surface area (Å²) in [7, 11) is -3.76. The van der Waals surface area contributed by atoms with Crippen LogP contribution in [0.2, 0.25) is 0 Å². The Balaban J connectivity index is 2.22. The van der Waals surface area contributed by atoms with Crippen LogP contribution in [-0.4, -0.2) is 49.2 Å². The third-order valence-electron chi connectivity index (χ3n) is 3.06. The molecule has 2 heterocycles. The summed E-state index contributed by atoms with van der Waals surface area (Å²) < 4.78 is 25.9. The van der Waals surface area contributed by atoms with E-state index in [0.717, 1.165) is 31.9 Å². The second-order valence-corrected chi connectivity index (χ2v) is 6.41. The van der Waals surface area contributed by atoms with Crippen molar-refractivity contribution < 1.29 is 18.0 Å². The van der Waals surface area contributed by atoms with Crippen LogP contribution in [0.15, 0.2) is 4.99 Å². The summed E-state index contributed by atoms with van der Waals surface area (Å²) in [5, 5.41) is 0.527. The molecule has 2 aliphatic heterocycles. The standard InChI is InChI=1S/C10H15N3O4S/c14-9-8(7-11-10(15)12-9)18(16,17)13-5-3-1-2-4-6-13/h7-8H,1-6H2,(H,12,14,15). The predicted octanol–water partition coefficient (Wildman–Crippen LogP) is -0.119. The summed E-state index contributed by atoms with van der Waals surface area (Å²) >= 11 is 0. The van der Waals surface area contributed by atoms with Gasteiger partial charge in [0.2, 0.25) is 10.0 Å². The fourth-order valence-corrected chi connectivity index (χ4v) is 3.71. The van der Waals surface area contributed by atoms with Gasteiger partial charge in [-0.15, -0.1) is 0 Å². The molecule has 0 aromatic heterocycles. The van der Waals surface area contributed by atoms with Crippen LogP contribution < -0.4 is 5.32 Å². The van der Waals surface area contributed by atoms with E-state index in [1.165, 1.54) is 4.31 Å². The molecule has 0 aromatic carbocycles. The minimum atomic E-state index is -3.76. The van der Waals surface area contributed by atoms with Gasteiger partial charge >= 0.3 is 6.03 Å². The molecule has 7 nitrogen and oxygen atoms in total. The number of sulfonamides is 1. The van der Waals surface area contributed by atoms with E-state index in [1.54, 1.807) is 0 Å². The number of nitrogens with zero attached hydrogens (tertiary/aromatic N) is 2. The van der Waals surface area contributed by atoms with Crippen LogP contribution in [0.4, 0.5) is 4.79 Å². The van der Waals surface area contributed by atoms with Gasteiger partial charge in [0.1, 0.15) is 0 Å². The van der Waals surface area contributed by atoms with E-state index in [2.05, 4.69) is 4.99 Å². The van der Waals surface area contributed by atoms with Crippen LogP contribution in [-0.2, 0) is 14.8 Å². The molecular formula is C10H15N3O4S. The van der Waals surface area contributed by atoms with Crippen molar-refractivity contribution >= 4 is 28.2 Å². The zero-order valence-electron chi connectivity index (χ0n) is 9.83. The zero-order chi connectivity index (χ0) is 13.2. The molecule has 0 saturated carbocycles. The smallest absolute Gasteiger partial charge is 0.275 e. The summed E-state index contributed by atoms with van der Waals surface area (Å²) in [5.74, 6) is -0.820. The lowest BCUT2D eigenvalue weighted by Crippen LogP contribution is -2.51. The molecule has 1 unspecified atom stereocenters. The normalized spacial score (nSPS) is 26.8. The third kappa shape index (κ3) is 2.59. The Morgan fingerprint density at radius 1 is 1.17 bits per heavy atom. The number of urea groups is 1. The molecule has 1 fully saturated rings. The van der Waals surface area contributed by atoms with Gasteiger partial charge in [-0.25, -0.2) is 22.5 Å². The first-order chi connectivity index (χ1) is 8.51. The van der Waals surface area contributed by atoms with Gasteiger partial charge in [-0.2, -0.15) is 0 Å². The van der Waals surface area contributed by atoms with E-state index >= 15 is 0 Å². The maximum Gasteiger partial charge on any atom is 0.347 e. The highest BCUT2D eigenvalue weighted by molar-refractivity contribution is 7.91. The van der Waals surface area contributed by atoms with Gasteiger partial charge in [0.05, 0.1) is 0 Å². The molecule has 18 heavy (non-hydrogen) atoms. The molecule has 3 amide bonds. The lowest BCUT2D eigenvalue weighted by molar-refractivity contribution is -0.118. The van der Waals surface area contributed by atoms with Crippen molar-refractivity contribution in [1.29, 1.82) is 0 Å². The molecular weight excluding hydrogens is 258 g/mol. The molecule has 8 heteroatoms. The topological polar surface area (TPSA) is 95.9 Å². The Hall–Kier alpha value is -1.28. The SMILES string of the molecule is O=C1N=CC(S(=O)(=O)N2CCCCCC2)C(=O)N1. The average molecular weight is 273 g/mol. The van der Waals surface area contributed by atoms with Gasteiger partial charge in [0.25, 0.3) is 5.91 Å². The first-order valence-electron chi connectivity index (χ1n) is 5.90. The predicted molar refractivity (Wildman–Crippen MR) is 64.8 cm³/mol. The number of carbonyl (C=O) groups is 2. The van der Waals surface area contributed by atoms with Crippen LogP contribution >= 0.6 is 0 Å². The van der Waals surface area contributed by atoms with Crippen molar-refractivity contribution in [3.8, 4) is 0 Å². The molecule has 1 atom stereocenters. The summed E-state index contributed by atoms with van der Waals surface area (Å²) in [6, 6.07) is -0.817. The van der Waals surface area contributed by atoms with Gasteiger partial charge in [-0.3, -0.25) is 10.1 Å². The molecule has 2 rings (SSSR count). The maximum atomic E-state index is 12.3. The van der Waals surface area contributed by atoms with Crippen molar-refractivity contribution in [2.75, 3.05) is 13.1 Å². The quantitative estimate of drug-likeness (QED) is 0.758. The number of imide groups is 1. The highest BCUT2D eigenvalue weighted by atomic mass is 32.2. The number of carbonyl (C=O) groups excluding carboxylic acids is 2. The summed E-state index contributed by atoms with van der Waals surface area (Å²) in [4.78, 5) is 25.7. The molecule has 0 aliphatic carbocycles. The number of amides is 3. The Morgan fingerprint density at radius 2 is 1.78 bits per heavy atom. The average Bonchev–Trinajstić information content (AvgIpc) is 2.57. The van der Waals surface area contributed by atoms with Crippen molar-refractivity contribution in [1.82, 2.24) is 9.62 Å². The van der Waals surface area contributed by atoms with Crippen molar-refractivity contribution in [2.24, 2.45) is 4.99 Å². The molecule has 0 spiro atoms. The summed E-state index contributed by atoms with van der Waals surface area (Å²) in [6.07, 6.45) is 4.50. The Bertz CT molecular complexity index is 477. The van der Waals surface area contributed by atoms with Gasteiger partial charge in [-0.1, -0.05) is 12.8 Å². The number of aliphatic imine (C=N–C) groups is 1. The van der Waals surface area contributed by atoms with Crippen molar-refractivity contribution in [3.63, 3.8) is 0 Å². The van der Waals surface area contributed by atoms with Gasteiger partial charge in [0.15, 0.2) is 5.25 Å². The van der Waals surface area contributed by atoms with Crippen LogP contribution in [0.3, 0.4) is 0 Å². The number of nitrogens with one attached hydrogen (secondary N) is 1. The monoisotopic (exact) mass is 273 g/mol. The molecule has 0 bridgehead atoms. The third-order valence-corrected chi connectivity index (χ3v) is 5.12. The maximum absolute atomic E-state index is 12.3. The molecule has 0 aromatic rings. The number of rotatable bonds is 2. The van der Waals surface area contributed by atoms with Gasteiger partial charge in [0, 0.05) is 19.3 Å². The molecule has 100 valence electrons. The lowest BCUT2D eigenvalue weighted by Gasteiger charge is -2.24. The van der Waals surface area contributed by atoms with E-state index in [0.29, 0.717) is 13.1 Å². The second kappa shape index (κ2) is 5.15. The van der Waals surface area contributed by atoms with Crippen LogP contribution in [0.1, 0.15) is 25.7 Å². The highest BCUT2D eigenvalue weighted by Crippen LogP contribution is 2.17. The van der Waals surface area contributed by atoms with E-state index in [1.807, 2.05) is 5.32 Å². The fraction of sp³-hybridized carbons (Fsp3) is 0.700. The Morgan fingerprint density at radius 3 is 2.33 bits per heavy atom. The fourth-order valence-electron chi connectivity index (χ4n) is 2.08. The largest absolute Gasteiger partial charge is 0.347 e. The number of hydrogen-bond donors (Lipinski definition) is 1. The van der Waals surface area contributed by atoms with Gasteiger partial charge < -0.3 is 0 Å². The van der Waals surface area contributed by atoms with E-state index in [9.17, 15) is 18.0 Å². The van der Waals surface area contributed by atoms with Crippen LogP contribution in [0.25, 0.3) is 0 Å².